The Morgan fingerprint density at radius 3 is 1.48 bits per heavy atom. The minimum absolute atomic E-state index is 1.02. The highest BCUT2D eigenvalue weighted by atomic mass is 32.2. The molecule has 11 heteroatoms. The van der Waals surface area contributed by atoms with Gasteiger partial charge >= 0.3 is 11.4 Å². The lowest BCUT2D eigenvalue weighted by atomic mass is 10.2. The molecule has 25 heavy (non-hydrogen) atoms. The summed E-state index contributed by atoms with van der Waals surface area (Å²) in [6.45, 7) is 14.2. The Kier molecular flexibility index (Phi) is 11.3. The van der Waals surface area contributed by atoms with Crippen molar-refractivity contribution in [3.05, 3.63) is 0 Å². The third-order valence-corrected chi connectivity index (χ3v) is 5.22. The molecule has 0 spiro atoms. The average Bonchev–Trinajstić information content (AvgIpc) is 2.48. The Labute approximate surface area is 145 Å². The topological polar surface area (TPSA) is 57.2 Å². The van der Waals surface area contributed by atoms with Gasteiger partial charge in [-0.1, -0.05) is 0 Å². The van der Waals surface area contributed by atoms with E-state index in [1.54, 1.807) is 0 Å². The van der Waals surface area contributed by atoms with Gasteiger partial charge in [-0.05, 0) is 40.5 Å². The second-order valence-corrected chi connectivity index (χ2v) is 7.05. The van der Waals surface area contributed by atoms with Gasteiger partial charge in [0.25, 0.3) is 0 Å². The first kappa shape index (κ1) is 26.7. The SMILES string of the molecule is CC[N+](CC)(CC)CC.O=S(=O)([O-])C(F)(F)C(F)CCCC(F)(F)F. The Morgan fingerprint density at radius 1 is 0.920 bits per heavy atom. The highest BCUT2D eigenvalue weighted by molar-refractivity contribution is 7.86. The van der Waals surface area contributed by atoms with Crippen molar-refractivity contribution in [3.8, 4) is 0 Å². The van der Waals surface area contributed by atoms with E-state index in [9.17, 15) is 39.3 Å². The van der Waals surface area contributed by atoms with Gasteiger partial charge in [-0.15, -0.1) is 0 Å². The molecule has 0 heterocycles. The van der Waals surface area contributed by atoms with Gasteiger partial charge < -0.3 is 9.04 Å². The van der Waals surface area contributed by atoms with Crippen LogP contribution in [0.15, 0.2) is 0 Å². The van der Waals surface area contributed by atoms with Crippen molar-refractivity contribution >= 4 is 10.1 Å². The van der Waals surface area contributed by atoms with E-state index in [4.69, 9.17) is 0 Å². The molecule has 0 saturated carbocycles. The van der Waals surface area contributed by atoms with Crippen LogP contribution in [0, 0.1) is 0 Å². The number of halogens is 6. The van der Waals surface area contributed by atoms with E-state index >= 15 is 0 Å². The number of quaternary nitrogens is 1. The Morgan fingerprint density at radius 2 is 1.28 bits per heavy atom. The van der Waals surface area contributed by atoms with Crippen molar-refractivity contribution in [2.24, 2.45) is 0 Å². The Bertz CT molecular complexity index is 446. The van der Waals surface area contributed by atoms with Crippen LogP contribution in [0.5, 0.6) is 0 Å². The predicted molar refractivity (Wildman–Crippen MR) is 81.9 cm³/mol. The third-order valence-electron chi connectivity index (χ3n) is 4.30. The molecule has 1 atom stereocenters. The fourth-order valence-electron chi connectivity index (χ4n) is 2.15. The first-order chi connectivity index (χ1) is 11.1. The van der Waals surface area contributed by atoms with Gasteiger partial charge in [-0.3, -0.25) is 0 Å². The van der Waals surface area contributed by atoms with Gasteiger partial charge in [0.1, 0.15) is 0 Å². The lowest BCUT2D eigenvalue weighted by Gasteiger charge is -2.34. The van der Waals surface area contributed by atoms with Crippen LogP contribution < -0.4 is 0 Å². The normalized spacial score (nSPS) is 14.7. The van der Waals surface area contributed by atoms with Crippen molar-refractivity contribution < 1.29 is 43.8 Å². The molecule has 0 radical (unpaired) electrons. The molecule has 1 unspecified atom stereocenters. The summed E-state index contributed by atoms with van der Waals surface area (Å²) in [5.74, 6) is 0. The van der Waals surface area contributed by atoms with E-state index in [0.29, 0.717) is 0 Å². The van der Waals surface area contributed by atoms with Crippen molar-refractivity contribution in [2.45, 2.75) is 64.6 Å². The van der Waals surface area contributed by atoms with Gasteiger partial charge in [0.15, 0.2) is 16.3 Å². The molecular weight excluding hydrogens is 376 g/mol. The summed E-state index contributed by atoms with van der Waals surface area (Å²) in [5.41, 5.74) is 0. The number of hydrogen-bond donors (Lipinski definition) is 0. The number of hydrogen-bond acceptors (Lipinski definition) is 3. The molecule has 0 fully saturated rings. The molecule has 154 valence electrons. The maximum absolute atomic E-state index is 12.6. The van der Waals surface area contributed by atoms with E-state index in [1.165, 1.54) is 30.7 Å². The van der Waals surface area contributed by atoms with E-state index in [2.05, 4.69) is 27.7 Å². The van der Waals surface area contributed by atoms with Crippen LogP contribution in [0.25, 0.3) is 0 Å². The fraction of sp³-hybridized carbons (Fsp3) is 1.00. The maximum Gasteiger partial charge on any atom is 0.389 e. The molecule has 0 aliphatic heterocycles. The van der Waals surface area contributed by atoms with Gasteiger partial charge in [0.2, 0.25) is 0 Å². The predicted octanol–water partition coefficient (Wildman–Crippen LogP) is 4.08. The molecule has 0 aromatic heterocycles. The summed E-state index contributed by atoms with van der Waals surface area (Å²) < 4.78 is 103. The first-order valence-electron chi connectivity index (χ1n) is 8.01. The minimum atomic E-state index is -6.21. The lowest BCUT2D eigenvalue weighted by Crippen LogP contribution is -2.47. The zero-order valence-electron chi connectivity index (χ0n) is 14.9. The van der Waals surface area contributed by atoms with Gasteiger partial charge in [0, 0.05) is 6.42 Å². The molecule has 4 nitrogen and oxygen atoms in total. The highest BCUT2D eigenvalue weighted by Gasteiger charge is 2.47. The number of alkyl halides is 6. The van der Waals surface area contributed by atoms with Crippen molar-refractivity contribution in [1.29, 1.82) is 0 Å². The van der Waals surface area contributed by atoms with Crippen LogP contribution in [-0.2, 0) is 10.1 Å². The quantitative estimate of drug-likeness (QED) is 0.331. The Hall–Kier alpha value is -0.550. The highest BCUT2D eigenvalue weighted by Crippen LogP contribution is 2.32. The minimum Gasteiger partial charge on any atom is -0.743 e. The van der Waals surface area contributed by atoms with Gasteiger partial charge in [-0.2, -0.15) is 22.0 Å². The van der Waals surface area contributed by atoms with E-state index in [-0.39, 0.29) is 0 Å². The molecule has 0 amide bonds. The molecule has 0 aromatic rings. The van der Waals surface area contributed by atoms with Crippen LogP contribution in [0.2, 0.25) is 0 Å². The number of rotatable bonds is 9. The van der Waals surface area contributed by atoms with Crippen molar-refractivity contribution in [2.75, 3.05) is 26.2 Å². The zero-order valence-corrected chi connectivity index (χ0v) is 15.7. The largest absolute Gasteiger partial charge is 0.743 e. The Balaban J connectivity index is 0. The fourth-order valence-corrected chi connectivity index (χ4v) is 2.58. The summed E-state index contributed by atoms with van der Waals surface area (Å²) in [4.78, 5) is 0. The summed E-state index contributed by atoms with van der Waals surface area (Å²) in [5, 5.41) is -5.20. The van der Waals surface area contributed by atoms with Crippen LogP contribution in [0.3, 0.4) is 0 Å². The van der Waals surface area contributed by atoms with E-state index in [1.807, 2.05) is 0 Å². The average molecular weight is 403 g/mol. The lowest BCUT2D eigenvalue weighted by molar-refractivity contribution is -0.921. The zero-order chi connectivity index (χ0) is 20.5. The van der Waals surface area contributed by atoms with Crippen LogP contribution >= 0.6 is 0 Å². The van der Waals surface area contributed by atoms with Crippen LogP contribution in [0.4, 0.5) is 26.3 Å². The molecule has 0 N–H and O–H groups in total. The third kappa shape index (κ3) is 9.64. The monoisotopic (exact) mass is 403 g/mol. The molecular formula is C14H27F6NO3S. The van der Waals surface area contributed by atoms with Gasteiger partial charge in [-0.25, -0.2) is 12.8 Å². The summed E-state index contributed by atoms with van der Waals surface area (Å²) in [7, 11) is -6.21. The van der Waals surface area contributed by atoms with Crippen LogP contribution in [0.1, 0.15) is 47.0 Å². The van der Waals surface area contributed by atoms with Crippen molar-refractivity contribution in [3.63, 3.8) is 0 Å². The molecule has 0 bridgehead atoms. The van der Waals surface area contributed by atoms with Crippen molar-refractivity contribution in [1.82, 2.24) is 0 Å². The first-order valence-corrected chi connectivity index (χ1v) is 9.42. The van der Waals surface area contributed by atoms with E-state index in [0.717, 1.165) is 0 Å². The molecule has 0 rings (SSSR count). The molecule has 0 aliphatic rings. The molecule has 0 aliphatic carbocycles. The van der Waals surface area contributed by atoms with E-state index < -0.39 is 47.0 Å². The standard InChI is InChI=1S/C8H20N.C6H8F6O3S/c1-5-9(6-2,7-3)8-4;7-4(2-1-3-5(8,9)10)6(11,12)16(13,14)15/h5-8H2,1-4H3;4H,1-3H2,(H,13,14,15)/q+1;/p-1. The summed E-state index contributed by atoms with van der Waals surface area (Å²) in [6, 6.07) is 0. The number of nitrogens with zero attached hydrogens (tertiary/aromatic N) is 1. The smallest absolute Gasteiger partial charge is 0.389 e. The maximum atomic E-state index is 12.6. The summed E-state index contributed by atoms with van der Waals surface area (Å²) in [6.07, 6.45) is -12.0. The van der Waals surface area contributed by atoms with Gasteiger partial charge in [0.05, 0.1) is 26.2 Å². The second-order valence-electron chi connectivity index (χ2n) is 5.60. The molecule has 0 saturated heterocycles. The summed E-state index contributed by atoms with van der Waals surface area (Å²) >= 11 is 0. The second kappa shape index (κ2) is 10.6. The molecule has 0 aromatic carbocycles. The van der Waals surface area contributed by atoms with Crippen LogP contribution in [-0.4, -0.2) is 61.2 Å².